The van der Waals surface area contributed by atoms with Crippen LogP contribution in [0.15, 0.2) is 49.3 Å². The molecule has 0 aliphatic heterocycles. The van der Waals surface area contributed by atoms with Gasteiger partial charge in [0.05, 0.1) is 12.4 Å². The maximum absolute atomic E-state index is 13.7. The number of halogens is 1. The van der Waals surface area contributed by atoms with Crippen LogP contribution in [0.25, 0.3) is 5.57 Å². The van der Waals surface area contributed by atoms with Gasteiger partial charge in [-0.3, -0.25) is 5.10 Å². The zero-order valence-electron chi connectivity index (χ0n) is 11.0. The number of allylic oxidation sites excluding steroid dienone is 4. The number of hydrogen-bond acceptors (Lipinski definition) is 4. The van der Waals surface area contributed by atoms with Gasteiger partial charge in [0, 0.05) is 11.6 Å². The third-order valence-electron chi connectivity index (χ3n) is 2.67. The molecule has 0 bridgehead atoms. The molecule has 102 valence electrons. The minimum absolute atomic E-state index is 0.0652. The first-order valence-corrected chi connectivity index (χ1v) is 5.90. The lowest BCUT2D eigenvalue weighted by atomic mass is 10.1. The number of nitrogens with zero attached hydrogens (tertiary/aromatic N) is 3. The Morgan fingerprint density at radius 3 is 2.80 bits per heavy atom. The van der Waals surface area contributed by atoms with Gasteiger partial charge in [-0.2, -0.15) is 5.10 Å². The largest absolute Gasteiger partial charge is 0.323 e. The van der Waals surface area contributed by atoms with Gasteiger partial charge in [-0.1, -0.05) is 25.3 Å². The molecule has 0 amide bonds. The SMILES string of the molecule is C=C/C(C)=C(\C=C)c1ncc(F)c(Nc2ccn[nH]2)n1. The molecule has 0 unspecified atom stereocenters. The summed E-state index contributed by atoms with van der Waals surface area (Å²) in [5.74, 6) is 0.428. The number of hydrogen-bond donors (Lipinski definition) is 2. The molecule has 0 spiro atoms. The molecule has 0 aromatic carbocycles. The van der Waals surface area contributed by atoms with Crippen LogP contribution in [0.2, 0.25) is 0 Å². The normalized spacial score (nSPS) is 11.7. The Morgan fingerprint density at radius 1 is 1.40 bits per heavy atom. The molecular weight excluding hydrogens is 257 g/mol. The molecule has 5 nitrogen and oxygen atoms in total. The van der Waals surface area contributed by atoms with Crippen molar-refractivity contribution in [2.45, 2.75) is 6.92 Å². The van der Waals surface area contributed by atoms with E-state index in [9.17, 15) is 4.39 Å². The lowest BCUT2D eigenvalue weighted by Gasteiger charge is -2.08. The van der Waals surface area contributed by atoms with Gasteiger partial charge in [0.25, 0.3) is 0 Å². The molecule has 0 aliphatic carbocycles. The fraction of sp³-hybridized carbons (Fsp3) is 0.0714. The summed E-state index contributed by atoms with van der Waals surface area (Å²) < 4.78 is 13.7. The van der Waals surface area contributed by atoms with Crippen LogP contribution in [0.4, 0.5) is 16.0 Å². The quantitative estimate of drug-likeness (QED) is 0.819. The van der Waals surface area contributed by atoms with Crippen molar-refractivity contribution in [2.24, 2.45) is 0 Å². The molecule has 0 saturated heterocycles. The van der Waals surface area contributed by atoms with Crippen LogP contribution < -0.4 is 5.32 Å². The molecule has 2 rings (SSSR count). The predicted molar refractivity (Wildman–Crippen MR) is 76.8 cm³/mol. The highest BCUT2D eigenvalue weighted by molar-refractivity contribution is 5.74. The fourth-order valence-electron chi connectivity index (χ4n) is 1.58. The van der Waals surface area contributed by atoms with E-state index in [-0.39, 0.29) is 5.82 Å². The van der Waals surface area contributed by atoms with E-state index < -0.39 is 5.82 Å². The first kappa shape index (κ1) is 13.7. The highest BCUT2D eigenvalue weighted by Crippen LogP contribution is 2.21. The van der Waals surface area contributed by atoms with Crippen LogP contribution in [0.5, 0.6) is 0 Å². The van der Waals surface area contributed by atoms with Gasteiger partial charge >= 0.3 is 0 Å². The summed E-state index contributed by atoms with van der Waals surface area (Å²) in [5.41, 5.74) is 1.56. The van der Waals surface area contributed by atoms with Crippen molar-refractivity contribution in [3.63, 3.8) is 0 Å². The second-order valence-corrected chi connectivity index (χ2v) is 3.99. The fourth-order valence-corrected chi connectivity index (χ4v) is 1.58. The monoisotopic (exact) mass is 271 g/mol. The molecule has 2 aromatic heterocycles. The molecule has 20 heavy (non-hydrogen) atoms. The number of H-pyrrole nitrogens is 1. The highest BCUT2D eigenvalue weighted by atomic mass is 19.1. The summed E-state index contributed by atoms with van der Waals surface area (Å²) in [4.78, 5) is 8.15. The van der Waals surface area contributed by atoms with Gasteiger partial charge < -0.3 is 5.32 Å². The summed E-state index contributed by atoms with van der Waals surface area (Å²) in [7, 11) is 0. The van der Waals surface area contributed by atoms with Gasteiger partial charge in [-0.15, -0.1) is 0 Å². The Labute approximate surface area is 116 Å². The third-order valence-corrected chi connectivity index (χ3v) is 2.67. The van der Waals surface area contributed by atoms with E-state index in [1.165, 1.54) is 0 Å². The van der Waals surface area contributed by atoms with Gasteiger partial charge in [0.1, 0.15) is 5.82 Å². The van der Waals surface area contributed by atoms with Crippen molar-refractivity contribution in [3.8, 4) is 0 Å². The molecule has 2 N–H and O–H groups in total. The van der Waals surface area contributed by atoms with Crippen LogP contribution in [-0.2, 0) is 0 Å². The van der Waals surface area contributed by atoms with Gasteiger partial charge in [0.2, 0.25) is 0 Å². The molecule has 2 aromatic rings. The van der Waals surface area contributed by atoms with E-state index in [2.05, 4.69) is 38.6 Å². The van der Waals surface area contributed by atoms with Crippen molar-refractivity contribution >= 4 is 17.2 Å². The number of anilines is 2. The Kier molecular flexibility index (Phi) is 4.05. The maximum atomic E-state index is 13.7. The van der Waals surface area contributed by atoms with Gasteiger partial charge in [-0.25, -0.2) is 14.4 Å². The molecule has 0 fully saturated rings. The first-order valence-electron chi connectivity index (χ1n) is 5.90. The van der Waals surface area contributed by atoms with Gasteiger partial charge in [0.15, 0.2) is 17.5 Å². The number of nitrogens with one attached hydrogen (secondary N) is 2. The third kappa shape index (κ3) is 2.80. The van der Waals surface area contributed by atoms with Crippen LogP contribution in [-0.4, -0.2) is 20.2 Å². The molecule has 0 aliphatic rings. The van der Waals surface area contributed by atoms with Crippen molar-refractivity contribution < 1.29 is 4.39 Å². The van der Waals surface area contributed by atoms with Crippen molar-refractivity contribution in [2.75, 3.05) is 5.32 Å². The zero-order chi connectivity index (χ0) is 14.5. The smallest absolute Gasteiger partial charge is 0.184 e. The minimum Gasteiger partial charge on any atom is -0.323 e. The standard InChI is InChI=1S/C14H14FN5/c1-4-9(3)10(5-2)13-16-8-11(15)14(19-13)18-12-6-7-17-20-12/h4-8H,1-2H2,3H3,(H2,16,17,18,19,20)/b10-9+. The van der Waals surface area contributed by atoms with Crippen molar-refractivity contribution in [1.29, 1.82) is 0 Å². The topological polar surface area (TPSA) is 66.5 Å². The van der Waals surface area contributed by atoms with E-state index in [1.54, 1.807) is 24.4 Å². The lowest BCUT2D eigenvalue weighted by molar-refractivity contribution is 0.617. The lowest BCUT2D eigenvalue weighted by Crippen LogP contribution is -2.03. The predicted octanol–water partition coefficient (Wildman–Crippen LogP) is 3.23. The van der Waals surface area contributed by atoms with Crippen LogP contribution >= 0.6 is 0 Å². The van der Waals surface area contributed by atoms with E-state index in [0.29, 0.717) is 17.2 Å². The Morgan fingerprint density at radius 2 is 2.20 bits per heavy atom. The number of rotatable bonds is 5. The van der Waals surface area contributed by atoms with Gasteiger partial charge in [-0.05, 0) is 12.5 Å². The molecule has 6 heteroatoms. The maximum Gasteiger partial charge on any atom is 0.184 e. The van der Waals surface area contributed by atoms with Crippen LogP contribution in [0.1, 0.15) is 12.7 Å². The molecular formula is C14H14FN5. The average molecular weight is 271 g/mol. The second kappa shape index (κ2) is 5.92. The van der Waals surface area contributed by atoms with Crippen molar-refractivity contribution in [3.05, 3.63) is 61.0 Å². The Hall–Kier alpha value is -2.76. The van der Waals surface area contributed by atoms with E-state index in [1.807, 2.05) is 6.92 Å². The van der Waals surface area contributed by atoms with Crippen LogP contribution in [0.3, 0.4) is 0 Å². The molecule has 0 atom stereocenters. The summed E-state index contributed by atoms with van der Waals surface area (Å²) >= 11 is 0. The molecule has 2 heterocycles. The van der Waals surface area contributed by atoms with E-state index in [0.717, 1.165) is 11.8 Å². The molecule has 0 saturated carbocycles. The summed E-state index contributed by atoms with van der Waals surface area (Å²) in [6.45, 7) is 9.27. The molecule has 0 radical (unpaired) electrons. The summed E-state index contributed by atoms with van der Waals surface area (Å²) in [6, 6.07) is 1.67. The Balaban J connectivity index is 2.43. The zero-order valence-corrected chi connectivity index (χ0v) is 11.0. The average Bonchev–Trinajstić information content (AvgIpc) is 2.95. The minimum atomic E-state index is -0.553. The summed E-state index contributed by atoms with van der Waals surface area (Å²) in [6.07, 6.45) is 5.95. The van der Waals surface area contributed by atoms with Crippen LogP contribution in [0, 0.1) is 5.82 Å². The highest BCUT2D eigenvalue weighted by Gasteiger charge is 2.10. The number of aromatic nitrogens is 4. The van der Waals surface area contributed by atoms with E-state index >= 15 is 0 Å². The second-order valence-electron chi connectivity index (χ2n) is 3.99. The summed E-state index contributed by atoms with van der Waals surface area (Å²) in [5, 5.41) is 9.25. The first-order chi connectivity index (χ1) is 9.65. The number of aromatic amines is 1. The van der Waals surface area contributed by atoms with Crippen molar-refractivity contribution in [1.82, 2.24) is 20.2 Å². The Bertz CT molecular complexity index is 658. The van der Waals surface area contributed by atoms with E-state index in [4.69, 9.17) is 0 Å².